The Morgan fingerprint density at radius 3 is 2.30 bits per heavy atom. The molecule has 0 fully saturated rings. The average molecular weight is 285 g/mol. The van der Waals surface area contributed by atoms with Gasteiger partial charge in [-0.25, -0.2) is 8.78 Å². The molecule has 1 rings (SSSR count). The quantitative estimate of drug-likeness (QED) is 0.741. The standard InChI is InChI=1S/C16H25F2NO/c1-4-10-19-16(12(3)20-11-15(17)18)14-8-6-13(5-2)7-9-14/h6-9,12,15-16,19H,4-5,10-11H2,1-3H3. The van der Waals surface area contributed by atoms with Crippen LogP contribution in [-0.2, 0) is 11.2 Å². The molecule has 0 spiro atoms. The Morgan fingerprint density at radius 2 is 1.80 bits per heavy atom. The number of benzene rings is 1. The predicted molar refractivity (Wildman–Crippen MR) is 78.3 cm³/mol. The monoisotopic (exact) mass is 285 g/mol. The number of hydrogen-bond acceptors (Lipinski definition) is 2. The maximum atomic E-state index is 12.3. The van der Waals surface area contributed by atoms with Crippen LogP contribution in [0.2, 0.25) is 0 Å². The highest BCUT2D eigenvalue weighted by Crippen LogP contribution is 2.20. The fraction of sp³-hybridized carbons (Fsp3) is 0.625. The number of rotatable bonds is 9. The summed E-state index contributed by atoms with van der Waals surface area (Å²) in [6.45, 7) is 6.34. The summed E-state index contributed by atoms with van der Waals surface area (Å²) in [6, 6.07) is 8.20. The number of nitrogens with one attached hydrogen (secondary N) is 1. The van der Waals surface area contributed by atoms with E-state index in [0.717, 1.165) is 24.9 Å². The van der Waals surface area contributed by atoms with E-state index in [-0.39, 0.29) is 12.1 Å². The first-order valence-electron chi connectivity index (χ1n) is 7.30. The van der Waals surface area contributed by atoms with Crippen LogP contribution in [0.25, 0.3) is 0 Å². The van der Waals surface area contributed by atoms with Gasteiger partial charge in [0.05, 0.1) is 12.1 Å². The maximum Gasteiger partial charge on any atom is 0.261 e. The molecule has 2 atom stereocenters. The van der Waals surface area contributed by atoms with Gasteiger partial charge in [-0.2, -0.15) is 0 Å². The molecule has 0 aliphatic rings. The molecule has 0 amide bonds. The van der Waals surface area contributed by atoms with Crippen molar-refractivity contribution in [3.63, 3.8) is 0 Å². The molecule has 0 saturated carbocycles. The van der Waals surface area contributed by atoms with Gasteiger partial charge in [-0.05, 0) is 37.4 Å². The summed E-state index contributed by atoms with van der Waals surface area (Å²) < 4.78 is 29.8. The van der Waals surface area contributed by atoms with E-state index < -0.39 is 13.0 Å². The van der Waals surface area contributed by atoms with E-state index in [9.17, 15) is 8.78 Å². The zero-order chi connectivity index (χ0) is 15.0. The zero-order valence-corrected chi connectivity index (χ0v) is 12.5. The van der Waals surface area contributed by atoms with Gasteiger partial charge in [0.25, 0.3) is 6.43 Å². The van der Waals surface area contributed by atoms with Crippen molar-refractivity contribution >= 4 is 0 Å². The summed E-state index contributed by atoms with van der Waals surface area (Å²) in [7, 11) is 0. The second-order valence-corrected chi connectivity index (χ2v) is 4.96. The average Bonchev–Trinajstić information content (AvgIpc) is 2.46. The summed E-state index contributed by atoms with van der Waals surface area (Å²) in [5, 5.41) is 3.38. The first-order valence-corrected chi connectivity index (χ1v) is 7.30. The molecule has 2 nitrogen and oxygen atoms in total. The summed E-state index contributed by atoms with van der Waals surface area (Å²) in [5.74, 6) is 0. The minimum absolute atomic E-state index is 0.0559. The number of aryl methyl sites for hydroxylation is 1. The normalized spacial score (nSPS) is 14.5. The van der Waals surface area contributed by atoms with Crippen LogP contribution in [-0.4, -0.2) is 25.7 Å². The largest absolute Gasteiger partial charge is 0.371 e. The predicted octanol–water partition coefficient (Wildman–Crippen LogP) is 3.96. The maximum absolute atomic E-state index is 12.3. The molecule has 114 valence electrons. The Balaban J connectivity index is 2.75. The molecule has 1 N–H and O–H groups in total. The van der Waals surface area contributed by atoms with Crippen LogP contribution in [0.4, 0.5) is 8.78 Å². The minimum Gasteiger partial charge on any atom is -0.371 e. The van der Waals surface area contributed by atoms with Crippen LogP contribution in [0, 0.1) is 0 Å². The van der Waals surface area contributed by atoms with Crippen molar-refractivity contribution in [1.82, 2.24) is 5.32 Å². The molecule has 1 aromatic carbocycles. The van der Waals surface area contributed by atoms with Crippen molar-refractivity contribution in [3.8, 4) is 0 Å². The number of halogens is 2. The summed E-state index contributed by atoms with van der Waals surface area (Å²) in [4.78, 5) is 0. The van der Waals surface area contributed by atoms with Gasteiger partial charge in [0.2, 0.25) is 0 Å². The SMILES string of the molecule is CCCNC(c1ccc(CC)cc1)C(C)OCC(F)F. The van der Waals surface area contributed by atoms with Crippen LogP contribution < -0.4 is 5.32 Å². The highest BCUT2D eigenvalue weighted by molar-refractivity contribution is 5.25. The van der Waals surface area contributed by atoms with Crippen molar-refractivity contribution in [2.24, 2.45) is 0 Å². The topological polar surface area (TPSA) is 21.3 Å². The molecule has 1 aromatic rings. The lowest BCUT2D eigenvalue weighted by atomic mass is 10.00. The fourth-order valence-electron chi connectivity index (χ4n) is 2.14. The Labute approximate surface area is 120 Å². The second kappa shape index (κ2) is 9.03. The third-order valence-electron chi connectivity index (χ3n) is 3.32. The van der Waals surface area contributed by atoms with Crippen molar-refractivity contribution in [2.45, 2.75) is 52.2 Å². The second-order valence-electron chi connectivity index (χ2n) is 4.96. The number of hydrogen-bond donors (Lipinski definition) is 1. The lowest BCUT2D eigenvalue weighted by Gasteiger charge is -2.26. The van der Waals surface area contributed by atoms with E-state index in [4.69, 9.17) is 4.74 Å². The van der Waals surface area contributed by atoms with E-state index in [1.165, 1.54) is 5.56 Å². The zero-order valence-electron chi connectivity index (χ0n) is 12.5. The van der Waals surface area contributed by atoms with E-state index >= 15 is 0 Å². The van der Waals surface area contributed by atoms with Crippen LogP contribution in [0.15, 0.2) is 24.3 Å². The molecular weight excluding hydrogens is 260 g/mol. The molecule has 0 saturated heterocycles. The third kappa shape index (κ3) is 5.55. The van der Waals surface area contributed by atoms with Gasteiger partial charge in [-0.1, -0.05) is 38.1 Å². The van der Waals surface area contributed by atoms with Gasteiger partial charge in [0.15, 0.2) is 0 Å². The fourth-order valence-corrected chi connectivity index (χ4v) is 2.14. The van der Waals surface area contributed by atoms with Crippen LogP contribution in [0.1, 0.15) is 44.4 Å². The molecule has 0 bridgehead atoms. The molecule has 0 aliphatic carbocycles. The van der Waals surface area contributed by atoms with Crippen molar-refractivity contribution < 1.29 is 13.5 Å². The Kier molecular flexibility index (Phi) is 7.70. The van der Waals surface area contributed by atoms with E-state index in [2.05, 4.69) is 31.3 Å². The highest BCUT2D eigenvalue weighted by atomic mass is 19.3. The van der Waals surface area contributed by atoms with Crippen LogP contribution in [0.5, 0.6) is 0 Å². The summed E-state index contributed by atoms with van der Waals surface area (Å²) in [5.41, 5.74) is 2.35. The summed E-state index contributed by atoms with van der Waals surface area (Å²) in [6.07, 6.45) is -0.731. The highest BCUT2D eigenvalue weighted by Gasteiger charge is 2.20. The molecule has 0 aliphatic heterocycles. The smallest absolute Gasteiger partial charge is 0.261 e. The molecule has 4 heteroatoms. The van der Waals surface area contributed by atoms with E-state index in [1.54, 1.807) is 0 Å². The number of ether oxygens (including phenoxy) is 1. The molecule has 20 heavy (non-hydrogen) atoms. The third-order valence-corrected chi connectivity index (χ3v) is 3.32. The Morgan fingerprint density at radius 1 is 1.15 bits per heavy atom. The van der Waals surface area contributed by atoms with E-state index in [0.29, 0.717) is 0 Å². The lowest BCUT2D eigenvalue weighted by molar-refractivity contribution is -0.0308. The van der Waals surface area contributed by atoms with Gasteiger partial charge < -0.3 is 10.1 Å². The molecule has 0 aromatic heterocycles. The Hall–Kier alpha value is -1.00. The molecule has 2 unspecified atom stereocenters. The molecule has 0 heterocycles. The van der Waals surface area contributed by atoms with Gasteiger partial charge in [0, 0.05) is 0 Å². The molecular formula is C16H25F2NO. The summed E-state index contributed by atoms with van der Waals surface area (Å²) >= 11 is 0. The van der Waals surface area contributed by atoms with Gasteiger partial charge >= 0.3 is 0 Å². The minimum atomic E-state index is -2.42. The molecule has 0 radical (unpaired) electrons. The van der Waals surface area contributed by atoms with Gasteiger partial charge in [-0.15, -0.1) is 0 Å². The number of alkyl halides is 2. The van der Waals surface area contributed by atoms with Crippen molar-refractivity contribution in [3.05, 3.63) is 35.4 Å². The van der Waals surface area contributed by atoms with Gasteiger partial charge in [-0.3, -0.25) is 0 Å². The van der Waals surface area contributed by atoms with Crippen LogP contribution >= 0.6 is 0 Å². The lowest BCUT2D eigenvalue weighted by Crippen LogP contribution is -2.33. The van der Waals surface area contributed by atoms with Crippen molar-refractivity contribution in [2.75, 3.05) is 13.2 Å². The first kappa shape index (κ1) is 17.1. The van der Waals surface area contributed by atoms with Crippen molar-refractivity contribution in [1.29, 1.82) is 0 Å². The first-order chi connectivity index (χ1) is 9.58. The van der Waals surface area contributed by atoms with Crippen LogP contribution in [0.3, 0.4) is 0 Å². The Bertz CT molecular complexity index is 367. The van der Waals surface area contributed by atoms with E-state index in [1.807, 2.05) is 19.1 Å². The van der Waals surface area contributed by atoms with Gasteiger partial charge in [0.1, 0.15) is 6.61 Å².